The summed E-state index contributed by atoms with van der Waals surface area (Å²) in [6.45, 7) is 6.37. The lowest BCUT2D eigenvalue weighted by atomic mass is 9.97. The molecule has 1 N–H and O–H groups in total. The zero-order chi connectivity index (χ0) is 18.7. The fraction of sp³-hybridized carbons (Fsp3) is 0.316. The first kappa shape index (κ1) is 18.8. The Hall–Kier alpha value is -1.96. The molecule has 138 valence electrons. The van der Waals surface area contributed by atoms with Crippen LogP contribution in [0.5, 0.6) is 0 Å². The summed E-state index contributed by atoms with van der Waals surface area (Å²) in [5.74, 6) is -0.130. The second-order valence-corrected chi connectivity index (χ2v) is 8.91. The third-order valence-electron chi connectivity index (χ3n) is 4.55. The molecule has 0 fully saturated rings. The lowest BCUT2D eigenvalue weighted by molar-refractivity contribution is 0.0657. The van der Waals surface area contributed by atoms with Gasteiger partial charge in [0.05, 0.1) is 10.9 Å². The van der Waals surface area contributed by atoms with Crippen molar-refractivity contribution in [2.75, 3.05) is 13.1 Å². The summed E-state index contributed by atoms with van der Waals surface area (Å²) >= 11 is 1.73. The molecule has 5 nitrogen and oxygen atoms in total. The number of nitrogens with zero attached hydrogens (tertiary/aromatic N) is 1. The van der Waals surface area contributed by atoms with E-state index >= 15 is 0 Å². The molecule has 0 saturated carbocycles. The molecule has 2 aromatic rings. The Balaban J connectivity index is 1.89. The molecule has 1 atom stereocenters. The molecule has 3 rings (SSSR count). The van der Waals surface area contributed by atoms with E-state index in [9.17, 15) is 13.2 Å². The lowest BCUT2D eigenvalue weighted by Crippen LogP contribution is -2.39. The fourth-order valence-electron chi connectivity index (χ4n) is 3.29. The maximum Gasteiger partial charge on any atom is 0.254 e. The molecular formula is C19H22N2O3S2. The van der Waals surface area contributed by atoms with Crippen molar-refractivity contribution in [3.63, 3.8) is 0 Å². The van der Waals surface area contributed by atoms with Gasteiger partial charge in [-0.2, -0.15) is 0 Å². The number of amides is 1. The van der Waals surface area contributed by atoms with E-state index in [0.717, 1.165) is 12.8 Å². The monoisotopic (exact) mass is 390 g/mol. The van der Waals surface area contributed by atoms with Crippen molar-refractivity contribution < 1.29 is 13.2 Å². The Bertz CT molecular complexity index is 918. The number of hydrogen-bond donors (Lipinski definition) is 1. The van der Waals surface area contributed by atoms with Crippen molar-refractivity contribution in [3.05, 3.63) is 64.4 Å². The predicted molar refractivity (Wildman–Crippen MR) is 104 cm³/mol. The minimum absolute atomic E-state index is 0.0386. The second kappa shape index (κ2) is 7.73. The van der Waals surface area contributed by atoms with E-state index in [1.165, 1.54) is 28.6 Å². The van der Waals surface area contributed by atoms with Gasteiger partial charge in [-0.1, -0.05) is 19.1 Å². The Labute approximate surface area is 158 Å². The Morgan fingerprint density at radius 1 is 1.42 bits per heavy atom. The average Bonchev–Trinajstić information content (AvgIpc) is 3.14. The van der Waals surface area contributed by atoms with Gasteiger partial charge in [0, 0.05) is 23.5 Å². The van der Waals surface area contributed by atoms with Gasteiger partial charge in [0.25, 0.3) is 5.91 Å². The van der Waals surface area contributed by atoms with Crippen LogP contribution in [0.25, 0.3) is 0 Å². The standard InChI is InChI=1S/C19H22N2O3S2/c1-3-10-20-26(23,24)15-7-5-6-14(13-15)19(22)21-11-8-18-16(9-12-25-18)17(21)4-2/h3,5-7,9,12-13,17,20H,1,4,8,10-11H2,2H3. The van der Waals surface area contributed by atoms with Crippen molar-refractivity contribution in [2.45, 2.75) is 30.7 Å². The molecule has 1 unspecified atom stereocenters. The van der Waals surface area contributed by atoms with Gasteiger partial charge in [-0.25, -0.2) is 13.1 Å². The number of rotatable bonds is 6. The molecule has 0 aliphatic carbocycles. The van der Waals surface area contributed by atoms with Crippen LogP contribution in [0.15, 0.2) is 53.3 Å². The van der Waals surface area contributed by atoms with E-state index in [0.29, 0.717) is 12.1 Å². The zero-order valence-corrected chi connectivity index (χ0v) is 16.3. The van der Waals surface area contributed by atoms with Crippen LogP contribution in [0, 0.1) is 0 Å². The van der Waals surface area contributed by atoms with Gasteiger partial charge in [0.15, 0.2) is 0 Å². The normalized spacial score (nSPS) is 17.0. The van der Waals surface area contributed by atoms with Gasteiger partial charge >= 0.3 is 0 Å². The molecule has 1 aliphatic heterocycles. The maximum atomic E-state index is 13.1. The Morgan fingerprint density at radius 2 is 2.23 bits per heavy atom. The van der Waals surface area contributed by atoms with E-state index in [1.807, 2.05) is 4.90 Å². The van der Waals surface area contributed by atoms with Crippen LogP contribution < -0.4 is 4.72 Å². The second-order valence-electron chi connectivity index (χ2n) is 6.14. The van der Waals surface area contributed by atoms with E-state index in [2.05, 4.69) is 29.7 Å². The molecule has 7 heteroatoms. The van der Waals surface area contributed by atoms with Crippen molar-refractivity contribution in [2.24, 2.45) is 0 Å². The van der Waals surface area contributed by atoms with Crippen LogP contribution in [-0.4, -0.2) is 32.3 Å². The van der Waals surface area contributed by atoms with Gasteiger partial charge in [0.1, 0.15) is 0 Å². The van der Waals surface area contributed by atoms with Crippen molar-refractivity contribution in [3.8, 4) is 0 Å². The quantitative estimate of drug-likeness (QED) is 0.769. The van der Waals surface area contributed by atoms with Gasteiger partial charge in [-0.15, -0.1) is 17.9 Å². The average molecular weight is 391 g/mol. The smallest absolute Gasteiger partial charge is 0.254 e. The predicted octanol–water partition coefficient (Wildman–Crippen LogP) is 3.36. The third-order valence-corrected chi connectivity index (χ3v) is 6.97. The molecule has 26 heavy (non-hydrogen) atoms. The highest BCUT2D eigenvalue weighted by Crippen LogP contribution is 2.36. The highest BCUT2D eigenvalue weighted by Gasteiger charge is 2.31. The minimum Gasteiger partial charge on any atom is -0.331 e. The Kier molecular flexibility index (Phi) is 5.60. The Morgan fingerprint density at radius 3 is 2.96 bits per heavy atom. The number of carbonyl (C=O) groups is 1. The topological polar surface area (TPSA) is 66.5 Å². The highest BCUT2D eigenvalue weighted by molar-refractivity contribution is 7.89. The molecule has 1 aromatic heterocycles. The largest absolute Gasteiger partial charge is 0.331 e. The van der Waals surface area contributed by atoms with Crippen LogP contribution in [-0.2, 0) is 16.4 Å². The summed E-state index contributed by atoms with van der Waals surface area (Å²) in [5.41, 5.74) is 1.61. The number of sulfonamides is 1. The molecule has 1 aliphatic rings. The number of benzene rings is 1. The van der Waals surface area contributed by atoms with Gasteiger partial charge < -0.3 is 4.90 Å². The van der Waals surface area contributed by atoms with Crippen molar-refractivity contribution >= 4 is 27.3 Å². The number of carbonyl (C=O) groups excluding carboxylic acids is 1. The van der Waals surface area contributed by atoms with E-state index in [1.54, 1.807) is 23.5 Å². The minimum atomic E-state index is -3.66. The van der Waals surface area contributed by atoms with Crippen LogP contribution in [0.1, 0.15) is 40.2 Å². The zero-order valence-electron chi connectivity index (χ0n) is 14.6. The summed E-state index contributed by atoms with van der Waals surface area (Å²) in [4.78, 5) is 16.4. The van der Waals surface area contributed by atoms with Gasteiger partial charge in [-0.3, -0.25) is 4.79 Å². The molecule has 1 aromatic carbocycles. The molecule has 0 radical (unpaired) electrons. The summed E-state index contributed by atoms with van der Waals surface area (Å²) < 4.78 is 27.0. The first-order chi connectivity index (χ1) is 12.5. The van der Waals surface area contributed by atoms with E-state index < -0.39 is 10.0 Å². The number of hydrogen-bond acceptors (Lipinski definition) is 4. The third kappa shape index (κ3) is 3.60. The molecule has 0 spiro atoms. The van der Waals surface area contributed by atoms with Crippen molar-refractivity contribution in [1.29, 1.82) is 0 Å². The molecular weight excluding hydrogens is 368 g/mol. The number of fused-ring (bicyclic) bond motifs is 1. The van der Waals surface area contributed by atoms with Gasteiger partial charge in [0.2, 0.25) is 10.0 Å². The van der Waals surface area contributed by atoms with E-state index in [-0.39, 0.29) is 23.4 Å². The summed E-state index contributed by atoms with van der Waals surface area (Å²) in [5, 5.41) is 2.07. The highest BCUT2D eigenvalue weighted by atomic mass is 32.2. The summed E-state index contributed by atoms with van der Waals surface area (Å²) in [7, 11) is -3.66. The van der Waals surface area contributed by atoms with Crippen LogP contribution in [0.2, 0.25) is 0 Å². The first-order valence-corrected chi connectivity index (χ1v) is 10.9. The van der Waals surface area contributed by atoms with Crippen LogP contribution in [0.4, 0.5) is 0 Å². The number of thiophene rings is 1. The van der Waals surface area contributed by atoms with Crippen molar-refractivity contribution in [1.82, 2.24) is 9.62 Å². The lowest BCUT2D eigenvalue weighted by Gasteiger charge is -2.35. The first-order valence-electron chi connectivity index (χ1n) is 8.55. The SMILES string of the molecule is C=CCNS(=O)(=O)c1cccc(C(=O)N2CCc3sccc3C2CC)c1. The summed E-state index contributed by atoms with van der Waals surface area (Å²) in [6.07, 6.45) is 3.15. The van der Waals surface area contributed by atoms with Crippen LogP contribution in [0.3, 0.4) is 0 Å². The van der Waals surface area contributed by atoms with E-state index in [4.69, 9.17) is 0 Å². The summed E-state index contributed by atoms with van der Waals surface area (Å²) in [6, 6.07) is 8.35. The molecule has 0 bridgehead atoms. The molecule has 1 amide bonds. The maximum absolute atomic E-state index is 13.1. The number of nitrogens with one attached hydrogen (secondary N) is 1. The van der Waals surface area contributed by atoms with Crippen LogP contribution >= 0.6 is 11.3 Å². The molecule has 0 saturated heterocycles. The molecule has 2 heterocycles. The van der Waals surface area contributed by atoms with Gasteiger partial charge in [-0.05, 0) is 48.1 Å². The fourth-order valence-corrected chi connectivity index (χ4v) is 5.27.